The number of carbonyl (C=O) groups excluding carboxylic acids is 2. The van der Waals surface area contributed by atoms with Crippen molar-refractivity contribution in [3.8, 4) is 5.75 Å². The quantitative estimate of drug-likeness (QED) is 0.374. The fourth-order valence-electron chi connectivity index (χ4n) is 8.22. The summed E-state index contributed by atoms with van der Waals surface area (Å²) in [6, 6.07) is 7.29. The zero-order valence-corrected chi connectivity index (χ0v) is 24.3. The summed E-state index contributed by atoms with van der Waals surface area (Å²) in [5.41, 5.74) is 1.16. The van der Waals surface area contributed by atoms with Gasteiger partial charge in [0.05, 0.1) is 18.6 Å². The molecule has 2 fully saturated rings. The van der Waals surface area contributed by atoms with Crippen LogP contribution in [0.3, 0.4) is 0 Å². The molecule has 1 aromatic carbocycles. The molecule has 0 saturated heterocycles. The molecular formula is C32H41ClO5. The van der Waals surface area contributed by atoms with Gasteiger partial charge in [0.25, 0.3) is 0 Å². The Hall–Kier alpha value is -2.27. The molecule has 4 aliphatic carbocycles. The van der Waals surface area contributed by atoms with E-state index in [0.29, 0.717) is 40.5 Å². The molecule has 5 rings (SSSR count). The molecule has 0 spiro atoms. The minimum absolute atomic E-state index is 0.0287. The maximum absolute atomic E-state index is 13.2. The Kier molecular flexibility index (Phi) is 6.99. The Bertz CT molecular complexity index is 1160. The SMILES string of the molecule is COC(=O)C1=CC2=CC[C@H]3[C@@H]4CC[C@H](C(=O)OC(C)(C)C)[C@@]4(C)CC[C@@H]3[C@@]2(C)C[C@H]1Oc1ccc(Cl)cc1. The molecule has 6 heteroatoms. The number of carbonyl (C=O) groups is 2. The first-order valence-corrected chi connectivity index (χ1v) is 14.4. The lowest BCUT2D eigenvalue weighted by Crippen LogP contribution is -2.52. The monoisotopic (exact) mass is 540 g/mol. The van der Waals surface area contributed by atoms with Crippen LogP contribution in [-0.2, 0) is 19.1 Å². The first-order valence-electron chi connectivity index (χ1n) is 14.0. The summed E-state index contributed by atoms with van der Waals surface area (Å²) in [7, 11) is 1.42. The van der Waals surface area contributed by atoms with E-state index in [1.54, 1.807) is 12.1 Å². The fourth-order valence-corrected chi connectivity index (χ4v) is 8.34. The van der Waals surface area contributed by atoms with Gasteiger partial charge in [-0.05, 0) is 124 Å². The molecule has 0 amide bonds. The van der Waals surface area contributed by atoms with Crippen LogP contribution in [0.4, 0.5) is 0 Å². The molecule has 5 nitrogen and oxygen atoms in total. The van der Waals surface area contributed by atoms with Crippen molar-refractivity contribution in [2.75, 3.05) is 7.11 Å². The minimum Gasteiger partial charge on any atom is -0.485 e. The molecule has 0 aliphatic heterocycles. The van der Waals surface area contributed by atoms with E-state index in [9.17, 15) is 9.59 Å². The highest BCUT2D eigenvalue weighted by Crippen LogP contribution is 2.66. The molecule has 7 atom stereocenters. The highest BCUT2D eigenvalue weighted by molar-refractivity contribution is 6.30. The van der Waals surface area contributed by atoms with E-state index in [1.165, 1.54) is 12.7 Å². The molecule has 0 radical (unpaired) electrons. The van der Waals surface area contributed by atoms with Crippen LogP contribution in [0.2, 0.25) is 5.02 Å². The third-order valence-corrected chi connectivity index (χ3v) is 10.2. The highest BCUT2D eigenvalue weighted by Gasteiger charge is 2.61. The van der Waals surface area contributed by atoms with Crippen LogP contribution in [0.15, 0.2) is 47.6 Å². The van der Waals surface area contributed by atoms with Crippen molar-refractivity contribution in [1.29, 1.82) is 0 Å². The summed E-state index contributed by atoms with van der Waals surface area (Å²) in [5, 5.41) is 0.642. The van der Waals surface area contributed by atoms with Gasteiger partial charge in [-0.1, -0.05) is 31.5 Å². The smallest absolute Gasteiger partial charge is 0.337 e. The predicted molar refractivity (Wildman–Crippen MR) is 148 cm³/mol. The van der Waals surface area contributed by atoms with Gasteiger partial charge in [0.15, 0.2) is 0 Å². The lowest BCUT2D eigenvalue weighted by atomic mass is 9.47. The standard InChI is InChI=1S/C32H41ClO5/c1-30(2,3)38-29(35)26-14-13-24-22-12-7-19-17-23(28(34)36-6)27(37-21-10-8-20(33)9-11-21)18-32(19,5)25(22)15-16-31(24,26)4/h7-11,17,22,24-27H,12-16,18H2,1-6H3/t22-,24-,25-,26+,27+,31-,32-/m0/s1. The van der Waals surface area contributed by atoms with Crippen molar-refractivity contribution in [3.05, 3.63) is 52.6 Å². The van der Waals surface area contributed by atoms with Crippen molar-refractivity contribution in [3.63, 3.8) is 0 Å². The number of halogens is 1. The van der Waals surface area contributed by atoms with Crippen molar-refractivity contribution in [2.24, 2.45) is 34.5 Å². The second kappa shape index (κ2) is 9.73. The summed E-state index contributed by atoms with van der Waals surface area (Å²) < 4.78 is 17.5. The Balaban J connectivity index is 1.44. The van der Waals surface area contributed by atoms with E-state index in [-0.39, 0.29) is 28.7 Å². The van der Waals surface area contributed by atoms with Gasteiger partial charge in [-0.2, -0.15) is 0 Å². The number of fused-ring (bicyclic) bond motifs is 5. The first-order chi connectivity index (χ1) is 17.9. The Morgan fingerprint density at radius 3 is 2.39 bits per heavy atom. The molecule has 0 unspecified atom stereocenters. The van der Waals surface area contributed by atoms with E-state index >= 15 is 0 Å². The number of methoxy groups -OCH3 is 1. The highest BCUT2D eigenvalue weighted by atomic mass is 35.5. The van der Waals surface area contributed by atoms with Crippen molar-refractivity contribution >= 4 is 23.5 Å². The van der Waals surface area contributed by atoms with Crippen LogP contribution in [0, 0.1) is 34.5 Å². The fraction of sp³-hybridized carbons (Fsp3) is 0.625. The van der Waals surface area contributed by atoms with Gasteiger partial charge in [0.1, 0.15) is 17.5 Å². The maximum Gasteiger partial charge on any atom is 0.337 e. The third-order valence-electron chi connectivity index (χ3n) is 10.00. The molecular weight excluding hydrogens is 500 g/mol. The molecule has 1 aromatic rings. The normalized spacial score (nSPS) is 36.1. The van der Waals surface area contributed by atoms with Gasteiger partial charge < -0.3 is 14.2 Å². The summed E-state index contributed by atoms with van der Waals surface area (Å²) in [6.07, 6.45) is 9.69. The zero-order valence-electron chi connectivity index (χ0n) is 23.5. The molecule has 0 bridgehead atoms. The Labute approximate surface area is 231 Å². The molecule has 2 saturated carbocycles. The van der Waals surface area contributed by atoms with Gasteiger partial charge in [-0.3, -0.25) is 4.79 Å². The minimum atomic E-state index is -0.469. The summed E-state index contributed by atoms with van der Waals surface area (Å²) in [4.78, 5) is 26.0. The Morgan fingerprint density at radius 2 is 1.74 bits per heavy atom. The van der Waals surface area contributed by atoms with E-state index in [0.717, 1.165) is 32.1 Å². The molecule has 4 aliphatic rings. The predicted octanol–water partition coefficient (Wildman–Crippen LogP) is 7.33. The molecule has 0 heterocycles. The lowest BCUT2D eigenvalue weighted by molar-refractivity contribution is -0.166. The van der Waals surface area contributed by atoms with Gasteiger partial charge in [-0.25, -0.2) is 4.79 Å². The van der Waals surface area contributed by atoms with E-state index in [4.69, 9.17) is 25.8 Å². The molecule has 0 aromatic heterocycles. The summed E-state index contributed by atoms with van der Waals surface area (Å²) >= 11 is 6.08. The third kappa shape index (κ3) is 4.69. The van der Waals surface area contributed by atoms with Crippen LogP contribution in [0.5, 0.6) is 5.75 Å². The second-order valence-electron chi connectivity index (χ2n) is 13.3. The van der Waals surface area contributed by atoms with Gasteiger partial charge in [-0.15, -0.1) is 0 Å². The Morgan fingerprint density at radius 1 is 1.03 bits per heavy atom. The van der Waals surface area contributed by atoms with Crippen molar-refractivity contribution in [1.82, 2.24) is 0 Å². The number of hydrogen-bond acceptors (Lipinski definition) is 5. The van der Waals surface area contributed by atoms with Crippen molar-refractivity contribution < 1.29 is 23.8 Å². The zero-order chi connectivity index (χ0) is 27.5. The van der Waals surface area contributed by atoms with Gasteiger partial charge in [0.2, 0.25) is 0 Å². The van der Waals surface area contributed by atoms with Crippen LogP contribution < -0.4 is 4.74 Å². The van der Waals surface area contributed by atoms with Gasteiger partial charge >= 0.3 is 11.9 Å². The van der Waals surface area contributed by atoms with E-state index < -0.39 is 11.7 Å². The summed E-state index contributed by atoms with van der Waals surface area (Å²) in [5.74, 6) is 1.72. The largest absolute Gasteiger partial charge is 0.485 e. The van der Waals surface area contributed by atoms with E-state index in [2.05, 4.69) is 19.9 Å². The number of allylic oxidation sites excluding steroid dienone is 3. The average molecular weight is 541 g/mol. The molecule has 206 valence electrons. The second-order valence-corrected chi connectivity index (χ2v) is 13.7. The lowest BCUT2D eigenvalue weighted by Gasteiger charge is -2.57. The van der Waals surface area contributed by atoms with E-state index in [1.807, 2.05) is 39.0 Å². The average Bonchev–Trinajstić information content (AvgIpc) is 3.20. The molecule has 0 N–H and O–H groups in total. The number of rotatable bonds is 4. The van der Waals surface area contributed by atoms with Crippen molar-refractivity contribution in [2.45, 2.75) is 84.8 Å². The number of benzene rings is 1. The first kappa shape index (κ1) is 27.3. The topological polar surface area (TPSA) is 61.8 Å². The molecule has 38 heavy (non-hydrogen) atoms. The summed E-state index contributed by atoms with van der Waals surface area (Å²) in [6.45, 7) is 10.5. The van der Waals surface area contributed by atoms with Crippen LogP contribution in [0.25, 0.3) is 0 Å². The van der Waals surface area contributed by atoms with Crippen LogP contribution in [0.1, 0.15) is 73.1 Å². The number of ether oxygens (including phenoxy) is 3. The van der Waals surface area contributed by atoms with Gasteiger partial charge in [0, 0.05) is 5.02 Å². The van der Waals surface area contributed by atoms with Crippen LogP contribution >= 0.6 is 11.6 Å². The number of esters is 2. The number of hydrogen-bond donors (Lipinski definition) is 0. The van der Waals surface area contributed by atoms with Crippen LogP contribution in [-0.4, -0.2) is 30.8 Å². The maximum atomic E-state index is 13.2.